The van der Waals surface area contributed by atoms with Crippen molar-refractivity contribution < 1.29 is 9.90 Å². The molecule has 0 bridgehead atoms. The van der Waals surface area contributed by atoms with Gasteiger partial charge in [0.1, 0.15) is 0 Å². The Balaban J connectivity index is 1.93. The SMILES string of the molecule is CN(C)[C@H](CNC(=O)N1CCC[C@H]1C(C)(C)O)Cc1ccccc1. The Morgan fingerprint density at radius 2 is 2.04 bits per heavy atom. The fourth-order valence-corrected chi connectivity index (χ4v) is 3.37. The van der Waals surface area contributed by atoms with E-state index in [1.54, 1.807) is 18.7 Å². The van der Waals surface area contributed by atoms with Crippen molar-refractivity contribution in [2.45, 2.75) is 50.8 Å². The molecular weight excluding hydrogens is 302 g/mol. The molecule has 1 heterocycles. The van der Waals surface area contributed by atoms with Crippen LogP contribution in [0.4, 0.5) is 4.79 Å². The van der Waals surface area contributed by atoms with Gasteiger partial charge in [-0.05, 0) is 52.8 Å². The van der Waals surface area contributed by atoms with Crippen molar-refractivity contribution in [1.29, 1.82) is 0 Å². The molecule has 2 N–H and O–H groups in total. The fourth-order valence-electron chi connectivity index (χ4n) is 3.37. The number of carbonyl (C=O) groups excluding carboxylic acids is 1. The predicted molar refractivity (Wildman–Crippen MR) is 97.0 cm³/mol. The van der Waals surface area contributed by atoms with Crippen LogP contribution in [0.15, 0.2) is 30.3 Å². The van der Waals surface area contributed by atoms with E-state index in [1.165, 1.54) is 5.56 Å². The summed E-state index contributed by atoms with van der Waals surface area (Å²) in [5.74, 6) is 0. The summed E-state index contributed by atoms with van der Waals surface area (Å²) in [4.78, 5) is 16.5. The summed E-state index contributed by atoms with van der Waals surface area (Å²) in [5.41, 5.74) is 0.403. The number of nitrogens with zero attached hydrogens (tertiary/aromatic N) is 2. The number of amides is 2. The standard InChI is InChI=1S/C19H31N3O2/c1-19(2,24)17-11-8-12-22(17)18(23)20-14-16(21(3)4)13-15-9-6-5-7-10-15/h5-7,9-10,16-17,24H,8,11-14H2,1-4H3,(H,20,23)/t16-,17-/m0/s1. The van der Waals surface area contributed by atoms with Gasteiger partial charge in [-0.2, -0.15) is 0 Å². The first-order valence-electron chi connectivity index (χ1n) is 8.76. The highest BCUT2D eigenvalue weighted by molar-refractivity contribution is 5.75. The number of hydrogen-bond donors (Lipinski definition) is 2. The molecule has 0 unspecified atom stereocenters. The van der Waals surface area contributed by atoms with Crippen molar-refractivity contribution in [1.82, 2.24) is 15.1 Å². The summed E-state index contributed by atoms with van der Waals surface area (Å²) in [7, 11) is 4.07. The van der Waals surface area contributed by atoms with E-state index < -0.39 is 5.60 Å². The van der Waals surface area contributed by atoms with Gasteiger partial charge in [-0.1, -0.05) is 30.3 Å². The predicted octanol–water partition coefficient (Wildman–Crippen LogP) is 2.10. The first-order valence-corrected chi connectivity index (χ1v) is 8.76. The lowest BCUT2D eigenvalue weighted by Gasteiger charge is -2.34. The van der Waals surface area contributed by atoms with Gasteiger partial charge in [-0.15, -0.1) is 0 Å². The van der Waals surface area contributed by atoms with Gasteiger partial charge in [-0.25, -0.2) is 4.79 Å². The molecule has 0 radical (unpaired) electrons. The van der Waals surface area contributed by atoms with Crippen LogP contribution in [-0.4, -0.2) is 65.8 Å². The second kappa shape index (κ2) is 7.99. The molecule has 1 aliphatic heterocycles. The minimum Gasteiger partial charge on any atom is -0.388 e. The molecule has 0 aromatic heterocycles. The molecule has 1 aromatic rings. The second-order valence-electron chi connectivity index (χ2n) is 7.50. The lowest BCUT2D eigenvalue weighted by atomic mass is 9.97. The number of rotatable bonds is 6. The highest BCUT2D eigenvalue weighted by Gasteiger charge is 2.38. The molecule has 2 atom stereocenters. The molecule has 5 nitrogen and oxygen atoms in total. The van der Waals surface area contributed by atoms with Crippen molar-refractivity contribution in [3.8, 4) is 0 Å². The Hall–Kier alpha value is -1.59. The zero-order chi connectivity index (χ0) is 17.7. The maximum atomic E-state index is 12.6. The van der Waals surface area contributed by atoms with E-state index >= 15 is 0 Å². The zero-order valence-corrected chi connectivity index (χ0v) is 15.3. The van der Waals surface area contributed by atoms with Crippen LogP contribution in [-0.2, 0) is 6.42 Å². The molecule has 0 saturated carbocycles. The first kappa shape index (κ1) is 18.7. The van der Waals surface area contributed by atoms with Gasteiger partial charge in [0.2, 0.25) is 0 Å². The number of hydrogen-bond acceptors (Lipinski definition) is 3. The fraction of sp³-hybridized carbons (Fsp3) is 0.632. The second-order valence-corrected chi connectivity index (χ2v) is 7.50. The lowest BCUT2D eigenvalue weighted by Crippen LogP contribution is -2.53. The Labute approximate surface area is 145 Å². The lowest BCUT2D eigenvalue weighted by molar-refractivity contribution is 0.00967. The molecule has 1 saturated heterocycles. The molecule has 2 rings (SSSR count). The largest absolute Gasteiger partial charge is 0.388 e. The van der Waals surface area contributed by atoms with E-state index in [0.29, 0.717) is 13.1 Å². The van der Waals surface area contributed by atoms with Crippen molar-refractivity contribution in [2.24, 2.45) is 0 Å². The van der Waals surface area contributed by atoms with Gasteiger partial charge in [-0.3, -0.25) is 0 Å². The summed E-state index contributed by atoms with van der Waals surface area (Å²) >= 11 is 0. The zero-order valence-electron chi connectivity index (χ0n) is 15.3. The van der Waals surface area contributed by atoms with Crippen LogP contribution in [0, 0.1) is 0 Å². The normalized spacial score (nSPS) is 19.6. The van der Waals surface area contributed by atoms with Crippen LogP contribution in [0.2, 0.25) is 0 Å². The molecule has 5 heteroatoms. The van der Waals surface area contributed by atoms with Crippen LogP contribution < -0.4 is 5.32 Å². The van der Waals surface area contributed by atoms with E-state index in [2.05, 4.69) is 22.3 Å². The smallest absolute Gasteiger partial charge is 0.317 e. The Bertz CT molecular complexity index is 525. The van der Waals surface area contributed by atoms with Crippen LogP contribution in [0.1, 0.15) is 32.3 Å². The third-order valence-corrected chi connectivity index (χ3v) is 4.86. The summed E-state index contributed by atoms with van der Waals surface area (Å²) < 4.78 is 0. The van der Waals surface area contributed by atoms with E-state index in [9.17, 15) is 9.90 Å². The molecule has 0 spiro atoms. The Morgan fingerprint density at radius 3 is 2.62 bits per heavy atom. The van der Waals surface area contributed by atoms with Crippen molar-refractivity contribution in [3.05, 3.63) is 35.9 Å². The maximum Gasteiger partial charge on any atom is 0.317 e. The van der Waals surface area contributed by atoms with Gasteiger partial charge in [0.25, 0.3) is 0 Å². The van der Waals surface area contributed by atoms with Crippen molar-refractivity contribution in [3.63, 3.8) is 0 Å². The number of likely N-dealkylation sites (tertiary alicyclic amines) is 1. The van der Waals surface area contributed by atoms with Crippen LogP contribution in [0.5, 0.6) is 0 Å². The van der Waals surface area contributed by atoms with Gasteiger partial charge in [0.05, 0.1) is 11.6 Å². The third-order valence-electron chi connectivity index (χ3n) is 4.86. The van der Waals surface area contributed by atoms with Crippen molar-refractivity contribution >= 4 is 6.03 Å². The molecule has 1 aliphatic rings. The number of urea groups is 1. The third kappa shape index (κ3) is 4.95. The molecule has 2 amide bonds. The Kier molecular flexibility index (Phi) is 6.24. The minimum absolute atomic E-state index is 0.0699. The molecule has 1 aromatic carbocycles. The van der Waals surface area contributed by atoms with Crippen LogP contribution >= 0.6 is 0 Å². The van der Waals surface area contributed by atoms with Crippen LogP contribution in [0.3, 0.4) is 0 Å². The number of aliphatic hydroxyl groups is 1. The molecule has 134 valence electrons. The molecule has 1 fully saturated rings. The van der Waals surface area contributed by atoms with Gasteiger partial charge in [0, 0.05) is 19.1 Å². The van der Waals surface area contributed by atoms with E-state index in [-0.39, 0.29) is 18.1 Å². The summed E-state index contributed by atoms with van der Waals surface area (Å²) in [6.45, 7) is 4.87. The van der Waals surface area contributed by atoms with E-state index in [4.69, 9.17) is 0 Å². The highest BCUT2D eigenvalue weighted by atomic mass is 16.3. The van der Waals surface area contributed by atoms with Gasteiger partial charge in [0.15, 0.2) is 0 Å². The van der Waals surface area contributed by atoms with Crippen molar-refractivity contribution in [2.75, 3.05) is 27.2 Å². The van der Waals surface area contributed by atoms with E-state index in [1.807, 2.05) is 32.3 Å². The molecular formula is C19H31N3O2. The Morgan fingerprint density at radius 1 is 1.38 bits per heavy atom. The molecule has 0 aliphatic carbocycles. The number of benzene rings is 1. The van der Waals surface area contributed by atoms with E-state index in [0.717, 1.165) is 19.3 Å². The number of carbonyl (C=O) groups is 1. The average molecular weight is 333 g/mol. The number of nitrogens with one attached hydrogen (secondary N) is 1. The van der Waals surface area contributed by atoms with Gasteiger partial charge >= 0.3 is 6.03 Å². The topological polar surface area (TPSA) is 55.8 Å². The monoisotopic (exact) mass is 333 g/mol. The summed E-state index contributed by atoms with van der Waals surface area (Å²) in [6, 6.07) is 10.4. The average Bonchev–Trinajstić information content (AvgIpc) is 3.01. The quantitative estimate of drug-likeness (QED) is 0.838. The number of likely N-dealkylation sites (N-methyl/N-ethyl adjacent to an activating group) is 1. The highest BCUT2D eigenvalue weighted by Crippen LogP contribution is 2.26. The summed E-state index contributed by atoms with van der Waals surface area (Å²) in [5, 5.41) is 13.3. The minimum atomic E-state index is -0.862. The van der Waals surface area contributed by atoms with Crippen LogP contribution in [0.25, 0.3) is 0 Å². The van der Waals surface area contributed by atoms with Gasteiger partial charge < -0.3 is 20.2 Å². The first-order chi connectivity index (χ1) is 11.3. The maximum absolute atomic E-state index is 12.6. The molecule has 24 heavy (non-hydrogen) atoms. The summed E-state index contributed by atoms with van der Waals surface area (Å²) in [6.07, 6.45) is 2.70.